The maximum atomic E-state index is 11.9. The Labute approximate surface area is 110 Å². The Morgan fingerprint density at radius 2 is 2.22 bits per heavy atom. The van der Waals surface area contributed by atoms with Gasteiger partial charge in [-0.15, -0.1) is 0 Å². The molecule has 0 unspecified atom stereocenters. The molecule has 1 N–H and O–H groups in total. The lowest BCUT2D eigenvalue weighted by atomic mass is 10.1. The topological polar surface area (TPSA) is 52.7 Å². The Balaban J connectivity index is 2.33. The fourth-order valence-electron chi connectivity index (χ4n) is 2.08. The van der Waals surface area contributed by atoms with Crippen LogP contribution in [-0.4, -0.2) is 60.9 Å². The predicted octanol–water partition coefficient (Wildman–Crippen LogP) is 0.311. The van der Waals surface area contributed by atoms with E-state index < -0.39 is 0 Å². The highest BCUT2D eigenvalue weighted by Gasteiger charge is 2.35. The van der Waals surface area contributed by atoms with E-state index in [1.165, 1.54) is 0 Å². The zero-order valence-electron chi connectivity index (χ0n) is 11.9. The summed E-state index contributed by atoms with van der Waals surface area (Å²) in [5, 5.41) is 2.91. The highest BCUT2D eigenvalue weighted by atomic mass is 16.2. The van der Waals surface area contributed by atoms with E-state index in [1.54, 1.807) is 4.90 Å². The van der Waals surface area contributed by atoms with Gasteiger partial charge < -0.3 is 15.1 Å². The van der Waals surface area contributed by atoms with Crippen molar-refractivity contribution in [3.63, 3.8) is 0 Å². The summed E-state index contributed by atoms with van der Waals surface area (Å²) >= 11 is 0. The van der Waals surface area contributed by atoms with Crippen LogP contribution >= 0.6 is 0 Å². The van der Waals surface area contributed by atoms with Crippen molar-refractivity contribution in [2.45, 2.75) is 33.2 Å². The van der Waals surface area contributed by atoms with Crippen molar-refractivity contribution < 1.29 is 9.59 Å². The first-order chi connectivity index (χ1) is 8.45. The van der Waals surface area contributed by atoms with Crippen molar-refractivity contribution in [2.24, 2.45) is 5.92 Å². The third-order valence-electron chi connectivity index (χ3n) is 3.49. The van der Waals surface area contributed by atoms with Crippen LogP contribution in [0.2, 0.25) is 0 Å². The van der Waals surface area contributed by atoms with Gasteiger partial charge in [0.25, 0.3) is 0 Å². The standard InChI is InChI=1S/C13H25N3O2/c1-5-15(4)7-6-14-13(18)11-8-12(17)16(9-11)10(2)3/h10-11H,5-9H2,1-4H3,(H,14,18)/t11-/m1/s1. The summed E-state index contributed by atoms with van der Waals surface area (Å²) in [6.45, 7) is 9.07. The fourth-order valence-corrected chi connectivity index (χ4v) is 2.08. The van der Waals surface area contributed by atoms with Crippen molar-refractivity contribution >= 4 is 11.8 Å². The maximum absolute atomic E-state index is 11.9. The van der Waals surface area contributed by atoms with E-state index in [4.69, 9.17) is 0 Å². The van der Waals surface area contributed by atoms with Gasteiger partial charge >= 0.3 is 0 Å². The summed E-state index contributed by atoms with van der Waals surface area (Å²) in [6, 6.07) is 0.182. The summed E-state index contributed by atoms with van der Waals surface area (Å²) in [4.78, 5) is 27.5. The number of carbonyl (C=O) groups excluding carboxylic acids is 2. The van der Waals surface area contributed by atoms with Crippen LogP contribution in [0.25, 0.3) is 0 Å². The van der Waals surface area contributed by atoms with E-state index in [1.807, 2.05) is 20.9 Å². The molecule has 1 rings (SSSR count). The van der Waals surface area contributed by atoms with Crippen LogP contribution in [0.3, 0.4) is 0 Å². The van der Waals surface area contributed by atoms with Crippen molar-refractivity contribution in [1.82, 2.24) is 15.1 Å². The number of nitrogens with one attached hydrogen (secondary N) is 1. The second-order valence-corrected chi connectivity index (χ2v) is 5.23. The molecule has 2 amide bonds. The summed E-state index contributed by atoms with van der Waals surface area (Å²) in [5.74, 6) is -0.0707. The van der Waals surface area contributed by atoms with Crippen LogP contribution in [0, 0.1) is 5.92 Å². The van der Waals surface area contributed by atoms with Crippen molar-refractivity contribution in [1.29, 1.82) is 0 Å². The van der Waals surface area contributed by atoms with Crippen LogP contribution < -0.4 is 5.32 Å². The van der Waals surface area contributed by atoms with Gasteiger partial charge in [-0.25, -0.2) is 0 Å². The van der Waals surface area contributed by atoms with Gasteiger partial charge in [-0.3, -0.25) is 9.59 Å². The second-order valence-electron chi connectivity index (χ2n) is 5.23. The zero-order chi connectivity index (χ0) is 13.7. The first-order valence-corrected chi connectivity index (χ1v) is 6.71. The number of rotatable bonds is 6. The molecule has 0 bridgehead atoms. The number of likely N-dealkylation sites (tertiary alicyclic amines) is 1. The largest absolute Gasteiger partial charge is 0.355 e. The molecular formula is C13H25N3O2. The zero-order valence-corrected chi connectivity index (χ0v) is 11.9. The average molecular weight is 255 g/mol. The molecule has 0 aromatic heterocycles. The van der Waals surface area contributed by atoms with E-state index in [2.05, 4.69) is 17.1 Å². The summed E-state index contributed by atoms with van der Waals surface area (Å²) < 4.78 is 0. The highest BCUT2D eigenvalue weighted by Crippen LogP contribution is 2.19. The molecule has 1 aliphatic rings. The number of carbonyl (C=O) groups is 2. The SMILES string of the molecule is CCN(C)CCNC(=O)[C@@H]1CC(=O)N(C(C)C)C1. The first-order valence-electron chi connectivity index (χ1n) is 6.71. The molecule has 5 nitrogen and oxygen atoms in total. The minimum absolute atomic E-state index is 0.0102. The van der Waals surface area contributed by atoms with E-state index in [-0.39, 0.29) is 23.8 Å². The minimum atomic E-state index is -0.174. The molecule has 1 fully saturated rings. The van der Waals surface area contributed by atoms with Gasteiger partial charge in [-0.05, 0) is 27.4 Å². The average Bonchev–Trinajstić information content (AvgIpc) is 2.71. The van der Waals surface area contributed by atoms with Crippen LogP contribution in [0.5, 0.6) is 0 Å². The van der Waals surface area contributed by atoms with Gasteiger partial charge in [0.05, 0.1) is 5.92 Å². The maximum Gasteiger partial charge on any atom is 0.225 e. The molecule has 1 aliphatic heterocycles. The molecule has 5 heteroatoms. The molecule has 104 valence electrons. The summed E-state index contributed by atoms with van der Waals surface area (Å²) in [6.07, 6.45) is 0.355. The Bertz CT molecular complexity index is 305. The van der Waals surface area contributed by atoms with E-state index in [0.717, 1.165) is 13.1 Å². The number of amides is 2. The number of hydrogen-bond donors (Lipinski definition) is 1. The molecular weight excluding hydrogens is 230 g/mol. The number of nitrogens with zero attached hydrogens (tertiary/aromatic N) is 2. The molecule has 0 aliphatic carbocycles. The Morgan fingerprint density at radius 1 is 1.56 bits per heavy atom. The highest BCUT2D eigenvalue weighted by molar-refractivity contribution is 5.89. The lowest BCUT2D eigenvalue weighted by molar-refractivity contribution is -0.129. The quantitative estimate of drug-likeness (QED) is 0.743. The first kappa shape index (κ1) is 15.0. The summed E-state index contributed by atoms with van der Waals surface area (Å²) in [7, 11) is 2.02. The van der Waals surface area contributed by atoms with Gasteiger partial charge in [0.1, 0.15) is 0 Å². The van der Waals surface area contributed by atoms with E-state index >= 15 is 0 Å². The van der Waals surface area contributed by atoms with Crippen LogP contribution in [-0.2, 0) is 9.59 Å². The third-order valence-corrected chi connectivity index (χ3v) is 3.49. The Kier molecular flexibility index (Phi) is 5.59. The lowest BCUT2D eigenvalue weighted by Gasteiger charge is -2.21. The summed E-state index contributed by atoms with van der Waals surface area (Å²) in [5.41, 5.74) is 0. The van der Waals surface area contributed by atoms with E-state index in [9.17, 15) is 9.59 Å². The van der Waals surface area contributed by atoms with E-state index in [0.29, 0.717) is 19.5 Å². The minimum Gasteiger partial charge on any atom is -0.355 e. The molecule has 0 aromatic carbocycles. The smallest absolute Gasteiger partial charge is 0.225 e. The fraction of sp³-hybridized carbons (Fsp3) is 0.846. The number of likely N-dealkylation sites (N-methyl/N-ethyl adjacent to an activating group) is 1. The van der Waals surface area contributed by atoms with Crippen molar-refractivity contribution in [2.75, 3.05) is 33.2 Å². The van der Waals surface area contributed by atoms with Crippen molar-refractivity contribution in [3.8, 4) is 0 Å². The Morgan fingerprint density at radius 3 is 2.72 bits per heavy atom. The molecule has 1 atom stereocenters. The lowest BCUT2D eigenvalue weighted by Crippen LogP contribution is -2.38. The Hall–Kier alpha value is -1.10. The normalized spacial score (nSPS) is 20.0. The molecule has 0 aromatic rings. The van der Waals surface area contributed by atoms with Gasteiger partial charge in [0.2, 0.25) is 11.8 Å². The predicted molar refractivity (Wildman–Crippen MR) is 71.1 cm³/mol. The third kappa shape index (κ3) is 3.98. The molecule has 0 saturated carbocycles. The van der Waals surface area contributed by atoms with Gasteiger partial charge in [-0.2, -0.15) is 0 Å². The van der Waals surface area contributed by atoms with Gasteiger partial charge in [0, 0.05) is 32.1 Å². The van der Waals surface area contributed by atoms with Gasteiger partial charge in [0.15, 0.2) is 0 Å². The van der Waals surface area contributed by atoms with Crippen LogP contribution in [0.15, 0.2) is 0 Å². The molecule has 0 radical (unpaired) electrons. The molecule has 18 heavy (non-hydrogen) atoms. The molecule has 0 spiro atoms. The monoisotopic (exact) mass is 255 g/mol. The second kappa shape index (κ2) is 6.73. The molecule has 1 saturated heterocycles. The van der Waals surface area contributed by atoms with Crippen LogP contribution in [0.1, 0.15) is 27.2 Å². The van der Waals surface area contributed by atoms with Crippen molar-refractivity contribution in [3.05, 3.63) is 0 Å². The number of hydrogen-bond acceptors (Lipinski definition) is 3. The van der Waals surface area contributed by atoms with Crippen LogP contribution in [0.4, 0.5) is 0 Å². The van der Waals surface area contributed by atoms with Gasteiger partial charge in [-0.1, -0.05) is 6.92 Å². The molecule has 1 heterocycles.